The summed E-state index contributed by atoms with van der Waals surface area (Å²) in [6, 6.07) is 4.96. The topological polar surface area (TPSA) is 29.9 Å². The largest absolute Gasteiger partial charge is 0.313 e. The van der Waals surface area contributed by atoms with Gasteiger partial charge < -0.3 is 5.32 Å². The van der Waals surface area contributed by atoms with Crippen LogP contribution < -0.4 is 5.32 Å². The van der Waals surface area contributed by atoms with Crippen molar-refractivity contribution in [1.82, 2.24) is 15.1 Å². The number of hydrogen-bond acceptors (Lipinski definition) is 2. The Morgan fingerprint density at radius 2 is 2.10 bits per heavy atom. The van der Waals surface area contributed by atoms with Crippen LogP contribution in [0.15, 0.2) is 22.7 Å². The number of aromatic nitrogens is 2. The molecule has 0 saturated heterocycles. The summed E-state index contributed by atoms with van der Waals surface area (Å²) in [4.78, 5) is 0. The molecular formula is C15H19BrFN3. The van der Waals surface area contributed by atoms with Crippen molar-refractivity contribution in [3.63, 3.8) is 0 Å². The van der Waals surface area contributed by atoms with Crippen molar-refractivity contribution in [3.8, 4) is 0 Å². The summed E-state index contributed by atoms with van der Waals surface area (Å²) in [6.45, 7) is 4.03. The van der Waals surface area contributed by atoms with Crippen molar-refractivity contribution in [3.05, 3.63) is 51.0 Å². The van der Waals surface area contributed by atoms with Crippen molar-refractivity contribution in [2.24, 2.45) is 7.05 Å². The summed E-state index contributed by atoms with van der Waals surface area (Å²) in [5.74, 6) is -0.188. The van der Waals surface area contributed by atoms with Crippen LogP contribution in [-0.2, 0) is 13.5 Å². The first-order chi connectivity index (χ1) is 9.43. The number of hydrogen-bond donors (Lipinski definition) is 1. The van der Waals surface area contributed by atoms with E-state index in [-0.39, 0.29) is 11.9 Å². The molecule has 1 N–H and O–H groups in total. The molecule has 0 saturated carbocycles. The van der Waals surface area contributed by atoms with Crippen LogP contribution in [0.1, 0.15) is 28.6 Å². The van der Waals surface area contributed by atoms with Crippen LogP contribution in [-0.4, -0.2) is 16.8 Å². The van der Waals surface area contributed by atoms with E-state index in [4.69, 9.17) is 0 Å². The molecule has 0 aliphatic carbocycles. The molecule has 1 heterocycles. The Balaban J connectivity index is 2.36. The van der Waals surface area contributed by atoms with Gasteiger partial charge in [0.05, 0.1) is 5.69 Å². The predicted molar refractivity (Wildman–Crippen MR) is 82.3 cm³/mol. The molecule has 3 nitrogen and oxygen atoms in total. The van der Waals surface area contributed by atoms with Gasteiger partial charge >= 0.3 is 0 Å². The van der Waals surface area contributed by atoms with Crippen LogP contribution in [0.4, 0.5) is 4.39 Å². The van der Waals surface area contributed by atoms with Gasteiger partial charge in [-0.05, 0) is 51.1 Å². The zero-order valence-corrected chi connectivity index (χ0v) is 13.8. The van der Waals surface area contributed by atoms with Gasteiger partial charge in [0.1, 0.15) is 5.82 Å². The third kappa shape index (κ3) is 2.94. The van der Waals surface area contributed by atoms with Gasteiger partial charge in [0, 0.05) is 28.8 Å². The van der Waals surface area contributed by atoms with E-state index >= 15 is 0 Å². The zero-order chi connectivity index (χ0) is 14.9. The fourth-order valence-corrected chi connectivity index (χ4v) is 2.84. The highest BCUT2D eigenvalue weighted by atomic mass is 79.9. The molecule has 5 heteroatoms. The van der Waals surface area contributed by atoms with Gasteiger partial charge in [0.2, 0.25) is 0 Å². The van der Waals surface area contributed by atoms with Gasteiger partial charge in [0.15, 0.2) is 0 Å². The fraction of sp³-hybridized carbons (Fsp3) is 0.400. The average molecular weight is 340 g/mol. The molecule has 0 aliphatic heterocycles. The van der Waals surface area contributed by atoms with Crippen LogP contribution in [0, 0.1) is 19.7 Å². The predicted octanol–water partition coefficient (Wildman–Crippen LogP) is 3.44. The minimum absolute atomic E-state index is 0.0749. The van der Waals surface area contributed by atoms with E-state index in [0.29, 0.717) is 5.56 Å². The Morgan fingerprint density at radius 3 is 2.65 bits per heavy atom. The minimum atomic E-state index is -0.188. The van der Waals surface area contributed by atoms with Gasteiger partial charge in [-0.2, -0.15) is 5.10 Å². The lowest BCUT2D eigenvalue weighted by Crippen LogP contribution is -2.20. The molecule has 108 valence electrons. The molecule has 0 radical (unpaired) electrons. The quantitative estimate of drug-likeness (QED) is 0.924. The van der Waals surface area contributed by atoms with Crippen molar-refractivity contribution in [2.75, 3.05) is 7.05 Å². The second-order valence-electron chi connectivity index (χ2n) is 4.98. The molecule has 1 aromatic heterocycles. The minimum Gasteiger partial charge on any atom is -0.313 e. The number of likely N-dealkylation sites (N-methyl/N-ethyl adjacent to an activating group) is 1. The normalized spacial score (nSPS) is 12.7. The van der Waals surface area contributed by atoms with E-state index < -0.39 is 0 Å². The second kappa shape index (κ2) is 6.06. The lowest BCUT2D eigenvalue weighted by Gasteiger charge is -2.18. The summed E-state index contributed by atoms with van der Waals surface area (Å²) >= 11 is 3.40. The molecule has 20 heavy (non-hydrogen) atoms. The lowest BCUT2D eigenvalue weighted by atomic mass is 9.97. The van der Waals surface area contributed by atoms with E-state index in [1.54, 1.807) is 6.07 Å². The third-order valence-corrected chi connectivity index (χ3v) is 4.24. The van der Waals surface area contributed by atoms with Crippen molar-refractivity contribution in [1.29, 1.82) is 0 Å². The standard InChI is InChI=1S/C15H19BrFN3/c1-9-12(10(2)20(4)19-9)8-15(18-3)13-7-11(16)5-6-14(13)17/h5-7,15,18H,8H2,1-4H3. The molecule has 0 aliphatic rings. The smallest absolute Gasteiger partial charge is 0.128 e. The van der Waals surface area contributed by atoms with Gasteiger partial charge in [0.25, 0.3) is 0 Å². The molecule has 1 atom stereocenters. The maximum Gasteiger partial charge on any atom is 0.128 e. The van der Waals surface area contributed by atoms with Gasteiger partial charge in [-0.3, -0.25) is 4.68 Å². The summed E-state index contributed by atoms with van der Waals surface area (Å²) in [7, 11) is 3.78. The number of nitrogens with one attached hydrogen (secondary N) is 1. The van der Waals surface area contributed by atoms with Crippen LogP contribution in [0.25, 0.3) is 0 Å². The summed E-state index contributed by atoms with van der Waals surface area (Å²) in [5, 5.41) is 7.62. The highest BCUT2D eigenvalue weighted by Gasteiger charge is 2.19. The van der Waals surface area contributed by atoms with Crippen LogP contribution in [0.2, 0.25) is 0 Å². The number of benzene rings is 1. The molecule has 1 aromatic carbocycles. The fourth-order valence-electron chi connectivity index (χ4n) is 2.47. The van der Waals surface area contributed by atoms with Crippen molar-refractivity contribution >= 4 is 15.9 Å². The highest BCUT2D eigenvalue weighted by Crippen LogP contribution is 2.26. The number of nitrogens with zero attached hydrogens (tertiary/aromatic N) is 2. The van der Waals surface area contributed by atoms with E-state index in [0.717, 1.165) is 22.3 Å². The summed E-state index contributed by atoms with van der Waals surface area (Å²) < 4.78 is 16.8. The Bertz CT molecular complexity index is 622. The molecule has 0 bridgehead atoms. The maximum atomic E-state index is 14.0. The van der Waals surface area contributed by atoms with Gasteiger partial charge in [-0.25, -0.2) is 4.39 Å². The summed E-state index contributed by atoms with van der Waals surface area (Å²) in [6.07, 6.45) is 0.718. The van der Waals surface area contributed by atoms with E-state index in [2.05, 4.69) is 26.3 Å². The summed E-state index contributed by atoms with van der Waals surface area (Å²) in [5.41, 5.74) is 3.97. The lowest BCUT2D eigenvalue weighted by molar-refractivity contribution is 0.532. The van der Waals surface area contributed by atoms with Crippen LogP contribution in [0.3, 0.4) is 0 Å². The third-order valence-electron chi connectivity index (χ3n) is 3.75. The Hall–Kier alpha value is -1.20. The SMILES string of the molecule is CNC(Cc1c(C)nn(C)c1C)c1cc(Br)ccc1F. The van der Waals surface area contributed by atoms with E-state index in [9.17, 15) is 4.39 Å². The van der Waals surface area contributed by atoms with Gasteiger partial charge in [-0.15, -0.1) is 0 Å². The number of halogens is 2. The molecule has 2 aromatic rings. The molecular weight excluding hydrogens is 321 g/mol. The van der Waals surface area contributed by atoms with Crippen molar-refractivity contribution < 1.29 is 4.39 Å². The van der Waals surface area contributed by atoms with Crippen LogP contribution >= 0.6 is 15.9 Å². The van der Waals surface area contributed by atoms with Gasteiger partial charge in [-0.1, -0.05) is 15.9 Å². The Kier molecular flexibility index (Phi) is 4.60. The first-order valence-corrected chi connectivity index (χ1v) is 7.34. The molecule has 2 rings (SSSR count). The Morgan fingerprint density at radius 1 is 1.40 bits per heavy atom. The first kappa shape index (κ1) is 15.2. The number of aryl methyl sites for hydroxylation is 2. The molecule has 0 spiro atoms. The van der Waals surface area contributed by atoms with Crippen LogP contribution in [0.5, 0.6) is 0 Å². The average Bonchev–Trinajstić information content (AvgIpc) is 2.65. The van der Waals surface area contributed by atoms with E-state index in [1.807, 2.05) is 38.7 Å². The maximum absolute atomic E-state index is 14.0. The highest BCUT2D eigenvalue weighted by molar-refractivity contribution is 9.10. The monoisotopic (exact) mass is 339 g/mol. The first-order valence-electron chi connectivity index (χ1n) is 6.55. The number of rotatable bonds is 4. The van der Waals surface area contributed by atoms with Crippen molar-refractivity contribution in [2.45, 2.75) is 26.3 Å². The molecule has 0 fully saturated rings. The second-order valence-corrected chi connectivity index (χ2v) is 5.90. The molecule has 0 amide bonds. The zero-order valence-electron chi connectivity index (χ0n) is 12.2. The Labute approximate surface area is 127 Å². The van der Waals surface area contributed by atoms with E-state index in [1.165, 1.54) is 11.6 Å². The molecule has 1 unspecified atom stereocenters.